The lowest BCUT2D eigenvalue weighted by Gasteiger charge is -2.06. The van der Waals surface area contributed by atoms with Gasteiger partial charge in [0.05, 0.1) is 17.5 Å². The Hall–Kier alpha value is -3.87. The number of aromatic nitrogens is 3. The summed E-state index contributed by atoms with van der Waals surface area (Å²) in [6, 6.07) is 16.7. The van der Waals surface area contributed by atoms with Crippen molar-refractivity contribution in [3.05, 3.63) is 78.2 Å². The molecule has 27 heavy (non-hydrogen) atoms. The van der Waals surface area contributed by atoms with Crippen LogP contribution >= 0.6 is 0 Å². The highest BCUT2D eigenvalue weighted by Crippen LogP contribution is 2.27. The van der Waals surface area contributed by atoms with Crippen LogP contribution in [0.1, 0.15) is 11.3 Å². The molecule has 7 heteroatoms. The van der Waals surface area contributed by atoms with Gasteiger partial charge in [0.1, 0.15) is 23.1 Å². The summed E-state index contributed by atoms with van der Waals surface area (Å²) in [6.07, 6.45) is 3.99. The number of anilines is 2. The molecule has 7 nitrogen and oxygen atoms in total. The lowest BCUT2D eigenvalue weighted by atomic mass is 10.1. The van der Waals surface area contributed by atoms with Gasteiger partial charge >= 0.3 is 0 Å². The van der Waals surface area contributed by atoms with Gasteiger partial charge in [-0.05, 0) is 35.9 Å². The third-order valence-electron chi connectivity index (χ3n) is 3.90. The molecule has 0 amide bonds. The average molecular weight is 359 g/mol. The standard InChI is InChI=1S/C20H17N5O2/c21-19-7-6-17(20(22)24-19)18-10-14(25-27-18)8-13-9-16(12-23-11-13)26-15-4-2-1-3-5-15/h1-7,9-12H,8H2,(H4,21,22,24). The maximum atomic E-state index is 5.90. The van der Waals surface area contributed by atoms with Crippen molar-refractivity contribution < 1.29 is 9.26 Å². The van der Waals surface area contributed by atoms with Crippen LogP contribution in [0.3, 0.4) is 0 Å². The molecule has 0 atom stereocenters. The van der Waals surface area contributed by atoms with Crippen LogP contribution < -0.4 is 16.2 Å². The molecule has 0 aliphatic rings. The summed E-state index contributed by atoms with van der Waals surface area (Å²) in [7, 11) is 0. The normalized spacial score (nSPS) is 10.7. The van der Waals surface area contributed by atoms with Crippen LogP contribution in [0.25, 0.3) is 11.3 Å². The van der Waals surface area contributed by atoms with Gasteiger partial charge in [0.15, 0.2) is 5.76 Å². The predicted molar refractivity (Wildman–Crippen MR) is 102 cm³/mol. The van der Waals surface area contributed by atoms with E-state index in [1.54, 1.807) is 24.5 Å². The first-order valence-electron chi connectivity index (χ1n) is 8.32. The summed E-state index contributed by atoms with van der Waals surface area (Å²) in [5.41, 5.74) is 13.9. The monoisotopic (exact) mass is 359 g/mol. The molecule has 0 unspecified atom stereocenters. The molecule has 0 aliphatic heterocycles. The van der Waals surface area contributed by atoms with Crippen molar-refractivity contribution in [2.45, 2.75) is 6.42 Å². The molecule has 0 spiro atoms. The quantitative estimate of drug-likeness (QED) is 0.559. The largest absolute Gasteiger partial charge is 0.456 e. The first-order valence-corrected chi connectivity index (χ1v) is 8.32. The molecule has 4 aromatic rings. The Labute approximate surface area is 155 Å². The van der Waals surface area contributed by atoms with Crippen molar-refractivity contribution in [1.29, 1.82) is 0 Å². The number of nitrogen functional groups attached to an aromatic ring is 2. The molecule has 134 valence electrons. The minimum Gasteiger partial charge on any atom is -0.456 e. The topological polar surface area (TPSA) is 113 Å². The SMILES string of the molecule is Nc1ccc(-c2cc(Cc3cncc(Oc4ccccc4)c3)no2)c(N)n1. The maximum Gasteiger partial charge on any atom is 0.170 e. The second kappa shape index (κ2) is 7.17. The molecular formula is C20H17N5O2. The van der Waals surface area contributed by atoms with Crippen LogP contribution in [0.15, 0.2) is 71.5 Å². The Kier molecular flexibility index (Phi) is 4.40. The Morgan fingerprint density at radius 1 is 0.926 bits per heavy atom. The number of nitrogens with zero attached hydrogens (tertiary/aromatic N) is 3. The van der Waals surface area contributed by atoms with Gasteiger partial charge < -0.3 is 20.7 Å². The zero-order valence-corrected chi connectivity index (χ0v) is 14.4. The van der Waals surface area contributed by atoms with E-state index in [4.69, 9.17) is 20.7 Å². The zero-order valence-electron chi connectivity index (χ0n) is 14.4. The molecule has 4 rings (SSSR count). The van der Waals surface area contributed by atoms with Gasteiger partial charge in [0.2, 0.25) is 0 Å². The number of hydrogen-bond donors (Lipinski definition) is 2. The van der Waals surface area contributed by atoms with Crippen LogP contribution in [-0.2, 0) is 6.42 Å². The number of rotatable bonds is 5. The Balaban J connectivity index is 1.51. The number of nitrogens with two attached hydrogens (primary N) is 2. The highest BCUT2D eigenvalue weighted by atomic mass is 16.5. The molecule has 1 aromatic carbocycles. The van der Waals surface area contributed by atoms with E-state index in [9.17, 15) is 0 Å². The van der Waals surface area contributed by atoms with Crippen LogP contribution in [-0.4, -0.2) is 15.1 Å². The minimum absolute atomic E-state index is 0.303. The molecule has 0 bridgehead atoms. The minimum atomic E-state index is 0.303. The van der Waals surface area contributed by atoms with Crippen LogP contribution in [0.2, 0.25) is 0 Å². The van der Waals surface area contributed by atoms with Gasteiger partial charge in [0, 0.05) is 18.7 Å². The van der Waals surface area contributed by atoms with Crippen molar-refractivity contribution in [2.75, 3.05) is 11.5 Å². The Morgan fingerprint density at radius 2 is 1.78 bits per heavy atom. The number of benzene rings is 1. The molecule has 0 radical (unpaired) electrons. The molecule has 3 heterocycles. The lowest BCUT2D eigenvalue weighted by Crippen LogP contribution is -1.97. The highest BCUT2D eigenvalue weighted by Gasteiger charge is 2.12. The van der Waals surface area contributed by atoms with E-state index in [1.165, 1.54) is 0 Å². The third-order valence-corrected chi connectivity index (χ3v) is 3.90. The van der Waals surface area contributed by atoms with Gasteiger partial charge in [-0.2, -0.15) is 0 Å². The number of hydrogen-bond acceptors (Lipinski definition) is 7. The Bertz CT molecular complexity index is 1060. The van der Waals surface area contributed by atoms with E-state index in [-0.39, 0.29) is 0 Å². The van der Waals surface area contributed by atoms with E-state index in [1.807, 2.05) is 42.5 Å². The van der Waals surface area contributed by atoms with Crippen molar-refractivity contribution in [2.24, 2.45) is 0 Å². The van der Waals surface area contributed by atoms with E-state index >= 15 is 0 Å². The molecule has 4 N–H and O–H groups in total. The average Bonchev–Trinajstić information content (AvgIpc) is 3.11. The van der Waals surface area contributed by atoms with E-state index < -0.39 is 0 Å². The van der Waals surface area contributed by atoms with Crippen molar-refractivity contribution >= 4 is 11.6 Å². The summed E-state index contributed by atoms with van der Waals surface area (Å²) < 4.78 is 11.2. The number of pyridine rings is 2. The van der Waals surface area contributed by atoms with Gasteiger partial charge in [-0.15, -0.1) is 0 Å². The van der Waals surface area contributed by atoms with Gasteiger partial charge in [-0.3, -0.25) is 4.98 Å². The van der Waals surface area contributed by atoms with E-state index in [0.29, 0.717) is 35.1 Å². The van der Waals surface area contributed by atoms with Crippen LogP contribution in [0.5, 0.6) is 11.5 Å². The summed E-state index contributed by atoms with van der Waals surface area (Å²) in [4.78, 5) is 8.27. The fourth-order valence-electron chi connectivity index (χ4n) is 2.67. The van der Waals surface area contributed by atoms with Crippen molar-refractivity contribution in [3.63, 3.8) is 0 Å². The first kappa shape index (κ1) is 16.6. The zero-order chi connectivity index (χ0) is 18.6. The van der Waals surface area contributed by atoms with Crippen LogP contribution in [0.4, 0.5) is 11.6 Å². The molecule has 0 fully saturated rings. The molecular weight excluding hydrogens is 342 g/mol. The van der Waals surface area contributed by atoms with Crippen LogP contribution in [0, 0.1) is 0 Å². The Morgan fingerprint density at radius 3 is 2.59 bits per heavy atom. The second-order valence-electron chi connectivity index (χ2n) is 5.97. The van der Waals surface area contributed by atoms with Crippen molar-refractivity contribution in [3.8, 4) is 22.8 Å². The fourth-order valence-corrected chi connectivity index (χ4v) is 2.67. The number of ether oxygens (including phenoxy) is 1. The smallest absolute Gasteiger partial charge is 0.170 e. The summed E-state index contributed by atoms with van der Waals surface area (Å²) in [6.45, 7) is 0. The summed E-state index contributed by atoms with van der Waals surface area (Å²) in [5, 5.41) is 4.11. The maximum absolute atomic E-state index is 5.90. The van der Waals surface area contributed by atoms with Gasteiger partial charge in [-0.25, -0.2) is 4.98 Å². The summed E-state index contributed by atoms with van der Waals surface area (Å²) in [5.74, 6) is 2.62. The van der Waals surface area contributed by atoms with E-state index in [2.05, 4.69) is 15.1 Å². The third kappa shape index (κ3) is 3.87. The summed E-state index contributed by atoms with van der Waals surface area (Å²) >= 11 is 0. The van der Waals surface area contributed by atoms with Gasteiger partial charge in [0.25, 0.3) is 0 Å². The number of para-hydroxylation sites is 1. The molecule has 0 saturated carbocycles. The lowest BCUT2D eigenvalue weighted by molar-refractivity contribution is 0.425. The van der Waals surface area contributed by atoms with Crippen molar-refractivity contribution in [1.82, 2.24) is 15.1 Å². The first-order chi connectivity index (χ1) is 13.2. The van der Waals surface area contributed by atoms with E-state index in [0.717, 1.165) is 17.0 Å². The molecule has 3 aromatic heterocycles. The highest BCUT2D eigenvalue weighted by molar-refractivity contribution is 5.71. The molecule has 0 saturated heterocycles. The molecule has 0 aliphatic carbocycles. The van der Waals surface area contributed by atoms with Gasteiger partial charge in [-0.1, -0.05) is 23.4 Å². The predicted octanol–water partition coefficient (Wildman–Crippen LogP) is 3.68. The second-order valence-corrected chi connectivity index (χ2v) is 5.97. The fraction of sp³-hybridized carbons (Fsp3) is 0.0500.